The molecule has 4 N–H and O–H groups in total. The van der Waals surface area contributed by atoms with Crippen LogP contribution in [0.2, 0.25) is 0 Å². The molecule has 8 nitrogen and oxygen atoms in total. The number of hydrogen-bond donors (Lipinski definition) is 4. The van der Waals surface area contributed by atoms with E-state index in [0.29, 0.717) is 5.69 Å². The average molecular weight is 309 g/mol. The summed E-state index contributed by atoms with van der Waals surface area (Å²) >= 11 is 1.40. The first-order valence-electron chi connectivity index (χ1n) is 5.81. The van der Waals surface area contributed by atoms with Gasteiger partial charge in [-0.05, 0) is 18.2 Å². The summed E-state index contributed by atoms with van der Waals surface area (Å²) in [6.07, 6.45) is -0.698. The molecule has 0 aliphatic rings. The molecule has 110 valence electrons. The predicted octanol–water partition coefficient (Wildman–Crippen LogP) is 1.35. The highest BCUT2D eigenvalue weighted by Gasteiger charge is 2.22. The lowest BCUT2D eigenvalue weighted by atomic mass is 10.2. The Morgan fingerprint density at radius 1 is 1.29 bits per heavy atom. The van der Waals surface area contributed by atoms with Gasteiger partial charge in [0.15, 0.2) is 0 Å². The highest BCUT2D eigenvalue weighted by atomic mass is 32.1. The van der Waals surface area contributed by atoms with Crippen molar-refractivity contribution in [1.29, 1.82) is 0 Å². The van der Waals surface area contributed by atoms with Gasteiger partial charge in [-0.2, -0.15) is 0 Å². The minimum atomic E-state index is -1.49. The van der Waals surface area contributed by atoms with E-state index < -0.39 is 30.4 Å². The summed E-state index contributed by atoms with van der Waals surface area (Å²) in [5.41, 5.74) is 2.92. The molecular formula is C12H11N3O5S. The number of urea groups is 1. The Kier molecular flexibility index (Phi) is 4.33. The van der Waals surface area contributed by atoms with Crippen molar-refractivity contribution >= 4 is 45.2 Å². The lowest BCUT2D eigenvalue weighted by Gasteiger charge is -2.13. The topological polar surface area (TPSA) is 129 Å². The van der Waals surface area contributed by atoms with Gasteiger partial charge in [0.1, 0.15) is 6.04 Å². The highest BCUT2D eigenvalue weighted by Crippen LogP contribution is 2.21. The number of fused-ring (bicyclic) bond motifs is 1. The SMILES string of the molecule is O=C(O)CC(NC(=O)Nc1ccc2ncsc2c1)C(=O)O. The van der Waals surface area contributed by atoms with E-state index in [1.807, 2.05) is 0 Å². The van der Waals surface area contributed by atoms with E-state index in [9.17, 15) is 14.4 Å². The highest BCUT2D eigenvalue weighted by molar-refractivity contribution is 7.16. The van der Waals surface area contributed by atoms with Gasteiger partial charge < -0.3 is 20.8 Å². The fraction of sp³-hybridized carbons (Fsp3) is 0.167. The second-order valence-corrected chi connectivity index (χ2v) is 5.01. The van der Waals surface area contributed by atoms with Crippen LogP contribution in [-0.2, 0) is 9.59 Å². The zero-order valence-corrected chi connectivity index (χ0v) is 11.4. The fourth-order valence-electron chi connectivity index (χ4n) is 1.63. The summed E-state index contributed by atoms with van der Waals surface area (Å²) in [5.74, 6) is -2.72. The molecule has 1 aromatic heterocycles. The van der Waals surface area contributed by atoms with Crippen molar-refractivity contribution in [2.24, 2.45) is 0 Å². The van der Waals surface area contributed by atoms with Crippen LogP contribution >= 0.6 is 11.3 Å². The van der Waals surface area contributed by atoms with Crippen molar-refractivity contribution in [2.75, 3.05) is 5.32 Å². The van der Waals surface area contributed by atoms with Crippen LogP contribution in [0, 0.1) is 0 Å². The van der Waals surface area contributed by atoms with E-state index in [0.717, 1.165) is 10.2 Å². The van der Waals surface area contributed by atoms with Crippen molar-refractivity contribution in [3.63, 3.8) is 0 Å². The number of benzene rings is 1. The van der Waals surface area contributed by atoms with Gasteiger partial charge in [0, 0.05) is 5.69 Å². The van der Waals surface area contributed by atoms with Crippen molar-refractivity contribution in [3.8, 4) is 0 Å². The van der Waals surface area contributed by atoms with Gasteiger partial charge in [-0.3, -0.25) is 4.79 Å². The molecule has 2 rings (SSSR count). The number of carbonyl (C=O) groups excluding carboxylic acids is 1. The molecule has 0 saturated carbocycles. The second-order valence-electron chi connectivity index (χ2n) is 4.12. The standard InChI is InChI=1S/C12H11N3O5S/c16-10(17)4-8(11(18)19)15-12(20)14-6-1-2-7-9(3-6)21-5-13-7/h1-3,5,8H,4H2,(H,16,17)(H,18,19)(H2,14,15,20). The second kappa shape index (κ2) is 6.18. The van der Waals surface area contributed by atoms with Crippen LogP contribution in [0.15, 0.2) is 23.7 Å². The Morgan fingerprint density at radius 2 is 2.05 bits per heavy atom. The minimum Gasteiger partial charge on any atom is -0.481 e. The number of thiazole rings is 1. The quantitative estimate of drug-likeness (QED) is 0.660. The lowest BCUT2D eigenvalue weighted by Crippen LogP contribution is -2.44. The maximum absolute atomic E-state index is 11.7. The molecule has 1 aromatic carbocycles. The molecule has 2 aromatic rings. The summed E-state index contributed by atoms with van der Waals surface area (Å²) in [6.45, 7) is 0. The number of carboxylic acids is 2. The third-order valence-electron chi connectivity index (χ3n) is 2.57. The van der Waals surface area contributed by atoms with Crippen LogP contribution < -0.4 is 10.6 Å². The molecule has 0 bridgehead atoms. The van der Waals surface area contributed by atoms with Gasteiger partial charge in [-0.1, -0.05) is 0 Å². The Labute approximate surface area is 122 Å². The van der Waals surface area contributed by atoms with Gasteiger partial charge in [-0.15, -0.1) is 11.3 Å². The summed E-state index contributed by atoms with van der Waals surface area (Å²) < 4.78 is 0.869. The third kappa shape index (κ3) is 3.89. The summed E-state index contributed by atoms with van der Waals surface area (Å²) in [7, 11) is 0. The first kappa shape index (κ1) is 14.7. The lowest BCUT2D eigenvalue weighted by molar-refractivity contribution is -0.145. The first-order chi connectivity index (χ1) is 9.95. The molecular weight excluding hydrogens is 298 g/mol. The molecule has 1 heterocycles. The van der Waals surface area contributed by atoms with E-state index >= 15 is 0 Å². The van der Waals surface area contributed by atoms with E-state index in [1.165, 1.54) is 11.3 Å². The van der Waals surface area contributed by atoms with Gasteiger partial charge in [0.2, 0.25) is 0 Å². The van der Waals surface area contributed by atoms with Crippen LogP contribution in [0.5, 0.6) is 0 Å². The Hall–Kier alpha value is -2.68. The number of nitrogens with zero attached hydrogens (tertiary/aromatic N) is 1. The predicted molar refractivity (Wildman–Crippen MR) is 75.5 cm³/mol. The Bertz CT molecular complexity index is 699. The number of rotatable bonds is 5. The molecule has 0 aliphatic carbocycles. The number of carboxylic acid groups (broad SMARTS) is 2. The average Bonchev–Trinajstić information content (AvgIpc) is 2.84. The maximum Gasteiger partial charge on any atom is 0.326 e. The van der Waals surface area contributed by atoms with Gasteiger partial charge in [-0.25, -0.2) is 14.6 Å². The molecule has 0 radical (unpaired) electrons. The molecule has 1 atom stereocenters. The molecule has 0 saturated heterocycles. The van der Waals surface area contributed by atoms with Crippen molar-refractivity contribution < 1.29 is 24.6 Å². The van der Waals surface area contributed by atoms with Crippen molar-refractivity contribution in [2.45, 2.75) is 12.5 Å². The van der Waals surface area contributed by atoms with Crippen LogP contribution in [-0.4, -0.2) is 39.2 Å². The number of aromatic nitrogens is 1. The maximum atomic E-state index is 11.7. The molecule has 0 aliphatic heterocycles. The number of amides is 2. The first-order valence-corrected chi connectivity index (χ1v) is 6.69. The number of aliphatic carboxylic acids is 2. The Balaban J connectivity index is 2.02. The zero-order valence-electron chi connectivity index (χ0n) is 10.6. The van der Waals surface area contributed by atoms with Crippen LogP contribution in [0.25, 0.3) is 10.2 Å². The monoisotopic (exact) mass is 309 g/mol. The van der Waals surface area contributed by atoms with Crippen molar-refractivity contribution in [1.82, 2.24) is 10.3 Å². The fourth-order valence-corrected chi connectivity index (χ4v) is 2.35. The summed E-state index contributed by atoms with van der Waals surface area (Å²) in [5, 5.41) is 22.0. The van der Waals surface area contributed by atoms with Gasteiger partial charge in [0.25, 0.3) is 0 Å². The van der Waals surface area contributed by atoms with Gasteiger partial charge in [0.05, 0.1) is 22.1 Å². The molecule has 0 fully saturated rings. The smallest absolute Gasteiger partial charge is 0.326 e. The number of carbonyl (C=O) groups is 3. The third-order valence-corrected chi connectivity index (χ3v) is 3.36. The summed E-state index contributed by atoms with van der Waals surface area (Å²) in [4.78, 5) is 37.2. The molecule has 2 amide bonds. The van der Waals surface area contributed by atoms with E-state index in [-0.39, 0.29) is 0 Å². The molecule has 21 heavy (non-hydrogen) atoms. The van der Waals surface area contributed by atoms with E-state index in [2.05, 4.69) is 15.6 Å². The molecule has 0 spiro atoms. The number of nitrogens with one attached hydrogen (secondary N) is 2. The van der Waals surface area contributed by atoms with Crippen LogP contribution in [0.1, 0.15) is 6.42 Å². The Morgan fingerprint density at radius 3 is 2.71 bits per heavy atom. The van der Waals surface area contributed by atoms with Crippen LogP contribution in [0.4, 0.5) is 10.5 Å². The van der Waals surface area contributed by atoms with Crippen LogP contribution in [0.3, 0.4) is 0 Å². The molecule has 9 heteroatoms. The number of hydrogen-bond acceptors (Lipinski definition) is 5. The largest absolute Gasteiger partial charge is 0.481 e. The minimum absolute atomic E-state index is 0.462. The number of anilines is 1. The van der Waals surface area contributed by atoms with E-state index in [4.69, 9.17) is 10.2 Å². The molecule has 1 unspecified atom stereocenters. The van der Waals surface area contributed by atoms with E-state index in [1.54, 1.807) is 23.7 Å². The zero-order chi connectivity index (χ0) is 15.4. The summed E-state index contributed by atoms with van der Waals surface area (Å²) in [6, 6.07) is 2.75. The van der Waals surface area contributed by atoms with Gasteiger partial charge >= 0.3 is 18.0 Å². The van der Waals surface area contributed by atoms with Crippen molar-refractivity contribution in [3.05, 3.63) is 23.7 Å². The normalized spacial score (nSPS) is 11.8.